The van der Waals surface area contributed by atoms with Crippen LogP contribution in [-0.2, 0) is 6.61 Å². The molecular formula is C28H21Cl2N3O3. The molecule has 180 valence electrons. The smallest absolute Gasteiger partial charge is 0.271 e. The molecule has 36 heavy (non-hydrogen) atoms. The van der Waals surface area contributed by atoms with Crippen LogP contribution in [0.15, 0.2) is 102 Å². The fraction of sp³-hybridized carbons (Fsp3) is 0.0357. The van der Waals surface area contributed by atoms with Crippen LogP contribution in [0.2, 0.25) is 10.0 Å². The highest BCUT2D eigenvalue weighted by Crippen LogP contribution is 2.19. The van der Waals surface area contributed by atoms with Gasteiger partial charge in [-0.15, -0.1) is 0 Å². The van der Waals surface area contributed by atoms with Gasteiger partial charge in [-0.25, -0.2) is 5.43 Å². The number of benzene rings is 4. The third-order valence-corrected chi connectivity index (χ3v) is 5.72. The minimum Gasteiger partial charge on any atom is -0.489 e. The molecule has 0 saturated heterocycles. The molecule has 0 fully saturated rings. The third-order valence-electron chi connectivity index (χ3n) is 5.10. The minimum atomic E-state index is -0.382. The first kappa shape index (κ1) is 25.0. The van der Waals surface area contributed by atoms with Crippen molar-refractivity contribution < 1.29 is 14.3 Å². The van der Waals surface area contributed by atoms with Crippen molar-refractivity contribution in [2.75, 3.05) is 5.32 Å². The van der Waals surface area contributed by atoms with E-state index in [1.807, 2.05) is 48.5 Å². The molecule has 0 aliphatic rings. The molecule has 8 heteroatoms. The molecule has 2 amide bonds. The van der Waals surface area contributed by atoms with Gasteiger partial charge in [-0.05, 0) is 72.3 Å². The lowest BCUT2D eigenvalue weighted by Crippen LogP contribution is -2.17. The second-order valence-electron chi connectivity index (χ2n) is 7.69. The monoisotopic (exact) mass is 517 g/mol. The summed E-state index contributed by atoms with van der Waals surface area (Å²) >= 11 is 12.0. The quantitative estimate of drug-likeness (QED) is 0.204. The zero-order chi connectivity index (χ0) is 25.3. The molecule has 4 rings (SSSR count). The van der Waals surface area contributed by atoms with Crippen molar-refractivity contribution in [3.8, 4) is 5.75 Å². The number of hydrazone groups is 1. The predicted octanol–water partition coefficient (Wildman–Crippen LogP) is 6.59. The van der Waals surface area contributed by atoms with E-state index in [9.17, 15) is 9.59 Å². The summed E-state index contributed by atoms with van der Waals surface area (Å²) in [6.45, 7) is 0.340. The predicted molar refractivity (Wildman–Crippen MR) is 143 cm³/mol. The van der Waals surface area contributed by atoms with Gasteiger partial charge in [0.1, 0.15) is 12.4 Å². The maximum Gasteiger partial charge on any atom is 0.271 e. The van der Waals surface area contributed by atoms with Gasteiger partial charge in [-0.1, -0.05) is 53.5 Å². The topological polar surface area (TPSA) is 79.8 Å². The van der Waals surface area contributed by atoms with Crippen LogP contribution >= 0.6 is 23.2 Å². The van der Waals surface area contributed by atoms with Gasteiger partial charge in [0.25, 0.3) is 11.8 Å². The van der Waals surface area contributed by atoms with Crippen LogP contribution in [-0.4, -0.2) is 18.0 Å². The first-order valence-corrected chi connectivity index (χ1v) is 11.7. The van der Waals surface area contributed by atoms with E-state index in [0.29, 0.717) is 39.2 Å². The number of carbonyl (C=O) groups excluding carboxylic acids is 2. The SMILES string of the molecule is O=C(N/N=C/c1cccc(OCc2ccccc2Cl)c1)c1ccc(NC(=O)c2ccc(Cl)cc2)cc1. The van der Waals surface area contributed by atoms with E-state index < -0.39 is 0 Å². The first-order valence-electron chi connectivity index (χ1n) is 10.9. The fourth-order valence-corrected chi connectivity index (χ4v) is 3.52. The van der Waals surface area contributed by atoms with E-state index in [-0.39, 0.29) is 11.8 Å². The number of nitrogens with zero attached hydrogens (tertiary/aromatic N) is 1. The normalized spacial score (nSPS) is 10.7. The summed E-state index contributed by atoms with van der Waals surface area (Å²) in [5.74, 6) is 0.000860. The van der Waals surface area contributed by atoms with Crippen molar-refractivity contribution in [3.63, 3.8) is 0 Å². The zero-order valence-corrected chi connectivity index (χ0v) is 20.5. The Labute approximate surface area is 218 Å². The van der Waals surface area contributed by atoms with Crippen LogP contribution in [0.1, 0.15) is 31.8 Å². The summed E-state index contributed by atoms with van der Waals surface area (Å²) < 4.78 is 5.81. The standard InChI is InChI=1S/C28H21Cl2N3O3/c29-23-12-8-20(9-13-23)27(34)32-24-14-10-21(11-15-24)28(35)33-31-17-19-4-3-6-25(16-19)36-18-22-5-1-2-7-26(22)30/h1-17H,18H2,(H,32,34)(H,33,35)/b31-17+. The van der Waals surface area contributed by atoms with Crippen LogP contribution < -0.4 is 15.5 Å². The first-order chi connectivity index (χ1) is 17.5. The van der Waals surface area contributed by atoms with Gasteiger partial charge in [0, 0.05) is 32.4 Å². The molecule has 4 aromatic rings. The lowest BCUT2D eigenvalue weighted by atomic mass is 10.1. The Bertz CT molecular complexity index is 1390. The Morgan fingerprint density at radius 3 is 2.25 bits per heavy atom. The largest absolute Gasteiger partial charge is 0.489 e. The Kier molecular flexibility index (Phi) is 8.34. The van der Waals surface area contributed by atoms with E-state index >= 15 is 0 Å². The minimum absolute atomic E-state index is 0.272. The summed E-state index contributed by atoms with van der Waals surface area (Å²) in [5, 5.41) is 8.00. The number of ether oxygens (including phenoxy) is 1. The molecule has 0 heterocycles. The molecule has 0 aliphatic heterocycles. The Balaban J connectivity index is 1.29. The number of hydrogen-bond acceptors (Lipinski definition) is 4. The summed E-state index contributed by atoms with van der Waals surface area (Å²) in [4.78, 5) is 24.7. The Hall–Kier alpha value is -4.13. The molecule has 0 radical (unpaired) electrons. The highest BCUT2D eigenvalue weighted by Gasteiger charge is 2.08. The van der Waals surface area contributed by atoms with E-state index in [4.69, 9.17) is 27.9 Å². The highest BCUT2D eigenvalue weighted by atomic mass is 35.5. The van der Waals surface area contributed by atoms with Gasteiger partial charge in [0.2, 0.25) is 0 Å². The number of hydrogen-bond donors (Lipinski definition) is 2. The van der Waals surface area contributed by atoms with Crippen LogP contribution in [0.4, 0.5) is 5.69 Å². The highest BCUT2D eigenvalue weighted by molar-refractivity contribution is 6.31. The fourth-order valence-electron chi connectivity index (χ4n) is 3.20. The van der Waals surface area contributed by atoms with Crippen molar-refractivity contribution in [3.05, 3.63) is 129 Å². The maximum absolute atomic E-state index is 12.4. The molecule has 2 N–H and O–H groups in total. The molecule has 0 unspecified atom stereocenters. The van der Waals surface area contributed by atoms with Crippen molar-refractivity contribution in [2.24, 2.45) is 5.10 Å². The van der Waals surface area contributed by atoms with Crippen molar-refractivity contribution in [2.45, 2.75) is 6.61 Å². The number of nitrogens with one attached hydrogen (secondary N) is 2. The van der Waals surface area contributed by atoms with E-state index in [2.05, 4.69) is 15.8 Å². The molecule has 0 atom stereocenters. The van der Waals surface area contributed by atoms with Gasteiger partial charge < -0.3 is 10.1 Å². The summed E-state index contributed by atoms with van der Waals surface area (Å²) in [5.41, 5.74) is 5.58. The lowest BCUT2D eigenvalue weighted by Gasteiger charge is -2.08. The zero-order valence-electron chi connectivity index (χ0n) is 18.9. The van der Waals surface area contributed by atoms with Crippen LogP contribution in [0.3, 0.4) is 0 Å². The number of amides is 2. The number of anilines is 1. The van der Waals surface area contributed by atoms with Crippen LogP contribution in [0, 0.1) is 0 Å². The van der Waals surface area contributed by atoms with Gasteiger partial charge in [0.15, 0.2) is 0 Å². The lowest BCUT2D eigenvalue weighted by molar-refractivity contribution is 0.0954. The summed E-state index contributed by atoms with van der Waals surface area (Å²) in [6, 6.07) is 27.9. The Morgan fingerprint density at radius 1 is 0.806 bits per heavy atom. The van der Waals surface area contributed by atoms with Gasteiger partial charge in [-0.2, -0.15) is 5.10 Å². The summed E-state index contributed by atoms with van der Waals surface area (Å²) in [6.07, 6.45) is 1.53. The average Bonchev–Trinajstić information content (AvgIpc) is 2.89. The number of halogens is 2. The molecule has 0 aromatic heterocycles. The third kappa shape index (κ3) is 6.95. The average molecular weight is 518 g/mol. The van der Waals surface area contributed by atoms with Crippen molar-refractivity contribution in [1.29, 1.82) is 0 Å². The Morgan fingerprint density at radius 2 is 1.50 bits per heavy atom. The van der Waals surface area contributed by atoms with Crippen molar-refractivity contribution >= 4 is 46.9 Å². The molecule has 0 saturated carbocycles. The second kappa shape index (κ2) is 12.0. The van der Waals surface area contributed by atoms with Crippen molar-refractivity contribution in [1.82, 2.24) is 5.43 Å². The number of carbonyl (C=O) groups is 2. The van der Waals surface area contributed by atoms with Gasteiger partial charge >= 0.3 is 0 Å². The molecule has 0 bridgehead atoms. The molecule has 4 aromatic carbocycles. The van der Waals surface area contributed by atoms with E-state index in [0.717, 1.165) is 11.1 Å². The second-order valence-corrected chi connectivity index (χ2v) is 8.53. The van der Waals surface area contributed by atoms with Crippen LogP contribution in [0.5, 0.6) is 5.75 Å². The summed E-state index contributed by atoms with van der Waals surface area (Å²) in [7, 11) is 0. The van der Waals surface area contributed by atoms with E-state index in [1.54, 1.807) is 48.5 Å². The van der Waals surface area contributed by atoms with Gasteiger partial charge in [-0.3, -0.25) is 9.59 Å². The molecular weight excluding hydrogens is 497 g/mol. The number of rotatable bonds is 8. The molecule has 0 aliphatic carbocycles. The maximum atomic E-state index is 12.4. The van der Waals surface area contributed by atoms with Gasteiger partial charge in [0.05, 0.1) is 6.21 Å². The van der Waals surface area contributed by atoms with Crippen LogP contribution in [0.25, 0.3) is 0 Å². The van der Waals surface area contributed by atoms with E-state index in [1.165, 1.54) is 6.21 Å². The molecule has 0 spiro atoms. The molecule has 6 nitrogen and oxygen atoms in total.